The van der Waals surface area contributed by atoms with Gasteiger partial charge < -0.3 is 14.5 Å². The Kier molecular flexibility index (Phi) is 5.67. The van der Waals surface area contributed by atoms with Crippen LogP contribution in [0.4, 0.5) is 0 Å². The van der Waals surface area contributed by atoms with Crippen LogP contribution in [0.15, 0.2) is 29.3 Å². The maximum absolute atomic E-state index is 5.80. The van der Waals surface area contributed by atoms with Crippen molar-refractivity contribution in [1.82, 2.24) is 9.80 Å². The molecule has 0 heterocycles. The second-order valence-electron chi connectivity index (χ2n) is 5.18. The molecule has 0 atom stereocenters. The summed E-state index contributed by atoms with van der Waals surface area (Å²) in [6, 6.07) is 8.06. The molecule has 0 radical (unpaired) electrons. The molecule has 0 aliphatic heterocycles. The highest BCUT2D eigenvalue weighted by molar-refractivity contribution is 5.79. The highest BCUT2D eigenvalue weighted by Gasteiger charge is 2.07. The Balaban J connectivity index is 2.90. The van der Waals surface area contributed by atoms with Crippen LogP contribution >= 0.6 is 0 Å². The summed E-state index contributed by atoms with van der Waals surface area (Å²) in [6.45, 7) is 4.69. The van der Waals surface area contributed by atoms with Crippen LogP contribution in [0.5, 0.6) is 5.75 Å². The highest BCUT2D eigenvalue weighted by atomic mass is 16.5. The molecular weight excluding hydrogens is 238 g/mol. The number of guanidine groups is 1. The Labute approximate surface area is 116 Å². The molecule has 0 spiro atoms. The molecule has 0 aromatic heterocycles. The van der Waals surface area contributed by atoms with E-state index in [1.165, 1.54) is 0 Å². The number of ether oxygens (including phenoxy) is 1. The zero-order valence-electron chi connectivity index (χ0n) is 12.8. The van der Waals surface area contributed by atoms with E-state index in [0.717, 1.165) is 17.3 Å². The number of aliphatic imine (C=N–C) groups is 1. The van der Waals surface area contributed by atoms with E-state index in [9.17, 15) is 0 Å². The third-order valence-corrected chi connectivity index (χ3v) is 2.53. The fourth-order valence-corrected chi connectivity index (χ4v) is 1.84. The number of nitrogens with zero attached hydrogens (tertiary/aromatic N) is 3. The summed E-state index contributed by atoms with van der Waals surface area (Å²) in [5.74, 6) is 1.86. The summed E-state index contributed by atoms with van der Waals surface area (Å²) >= 11 is 0. The Morgan fingerprint density at radius 2 is 1.68 bits per heavy atom. The molecule has 0 aliphatic rings. The minimum absolute atomic E-state index is 0.173. The predicted molar refractivity (Wildman–Crippen MR) is 80.7 cm³/mol. The highest BCUT2D eigenvalue weighted by Crippen LogP contribution is 2.20. The number of benzene rings is 1. The van der Waals surface area contributed by atoms with Crippen molar-refractivity contribution in [3.8, 4) is 5.75 Å². The maximum Gasteiger partial charge on any atom is 0.195 e. The molecule has 0 bridgehead atoms. The van der Waals surface area contributed by atoms with E-state index >= 15 is 0 Å². The van der Waals surface area contributed by atoms with Crippen molar-refractivity contribution in [1.29, 1.82) is 0 Å². The number of hydrogen-bond donors (Lipinski definition) is 0. The molecule has 1 aromatic rings. The molecule has 106 valence electrons. The van der Waals surface area contributed by atoms with E-state index in [-0.39, 0.29) is 6.10 Å². The van der Waals surface area contributed by atoms with Gasteiger partial charge in [-0.1, -0.05) is 18.2 Å². The van der Waals surface area contributed by atoms with Crippen molar-refractivity contribution in [3.05, 3.63) is 29.8 Å². The molecule has 0 N–H and O–H groups in total. The van der Waals surface area contributed by atoms with Crippen LogP contribution in [-0.2, 0) is 6.54 Å². The smallest absolute Gasteiger partial charge is 0.195 e. The molecular formula is C15H25N3O. The summed E-state index contributed by atoms with van der Waals surface area (Å²) in [5, 5.41) is 0. The molecule has 0 fully saturated rings. The predicted octanol–water partition coefficient (Wildman–Crippen LogP) is 2.45. The molecule has 19 heavy (non-hydrogen) atoms. The van der Waals surface area contributed by atoms with Gasteiger partial charge in [0.25, 0.3) is 0 Å². The van der Waals surface area contributed by atoms with E-state index in [4.69, 9.17) is 4.74 Å². The summed E-state index contributed by atoms with van der Waals surface area (Å²) in [4.78, 5) is 8.66. The van der Waals surface area contributed by atoms with Crippen molar-refractivity contribution in [2.45, 2.75) is 26.5 Å². The average Bonchev–Trinajstić information content (AvgIpc) is 2.29. The van der Waals surface area contributed by atoms with Gasteiger partial charge >= 0.3 is 0 Å². The van der Waals surface area contributed by atoms with E-state index < -0.39 is 0 Å². The Morgan fingerprint density at radius 1 is 1.11 bits per heavy atom. The van der Waals surface area contributed by atoms with Crippen molar-refractivity contribution in [3.63, 3.8) is 0 Å². The molecule has 1 rings (SSSR count). The first-order chi connectivity index (χ1) is 8.91. The van der Waals surface area contributed by atoms with Gasteiger partial charge in [-0.05, 0) is 19.9 Å². The van der Waals surface area contributed by atoms with Crippen LogP contribution in [0, 0.1) is 0 Å². The normalized spacial score (nSPS) is 10.3. The van der Waals surface area contributed by atoms with Crippen molar-refractivity contribution in [2.75, 3.05) is 28.2 Å². The lowest BCUT2D eigenvalue weighted by atomic mass is 10.2. The van der Waals surface area contributed by atoms with Gasteiger partial charge in [0, 0.05) is 33.8 Å². The molecule has 4 heteroatoms. The lowest BCUT2D eigenvalue weighted by Gasteiger charge is -2.23. The fraction of sp³-hybridized carbons (Fsp3) is 0.533. The molecule has 0 aliphatic carbocycles. The van der Waals surface area contributed by atoms with Gasteiger partial charge in [-0.15, -0.1) is 0 Å². The average molecular weight is 263 g/mol. The standard InChI is InChI=1S/C15H25N3O/c1-12(2)19-14-10-8-7-9-13(14)11-16-15(17(3)4)18(5)6/h7-10,12H,11H2,1-6H3. The number of rotatable bonds is 4. The zero-order chi connectivity index (χ0) is 14.4. The lowest BCUT2D eigenvalue weighted by Crippen LogP contribution is -2.35. The first-order valence-electron chi connectivity index (χ1n) is 6.55. The second-order valence-corrected chi connectivity index (χ2v) is 5.18. The Hall–Kier alpha value is -1.71. The largest absolute Gasteiger partial charge is 0.491 e. The van der Waals surface area contributed by atoms with Gasteiger partial charge in [-0.2, -0.15) is 0 Å². The van der Waals surface area contributed by atoms with Crippen LogP contribution in [0.25, 0.3) is 0 Å². The van der Waals surface area contributed by atoms with Gasteiger partial charge in [-0.3, -0.25) is 0 Å². The minimum Gasteiger partial charge on any atom is -0.491 e. The Morgan fingerprint density at radius 3 is 2.21 bits per heavy atom. The third-order valence-electron chi connectivity index (χ3n) is 2.53. The van der Waals surface area contributed by atoms with Gasteiger partial charge in [0.1, 0.15) is 5.75 Å². The SMILES string of the molecule is CC(C)Oc1ccccc1CN=C(N(C)C)N(C)C. The van der Waals surface area contributed by atoms with Gasteiger partial charge in [0.05, 0.1) is 12.6 Å². The van der Waals surface area contributed by atoms with Crippen LogP contribution in [-0.4, -0.2) is 50.1 Å². The first kappa shape index (κ1) is 15.3. The van der Waals surface area contributed by atoms with E-state index in [1.54, 1.807) is 0 Å². The van der Waals surface area contributed by atoms with E-state index in [2.05, 4.69) is 11.1 Å². The van der Waals surface area contributed by atoms with Crippen molar-refractivity contribution < 1.29 is 4.74 Å². The van der Waals surface area contributed by atoms with Gasteiger partial charge in [0.2, 0.25) is 0 Å². The lowest BCUT2D eigenvalue weighted by molar-refractivity contribution is 0.240. The molecule has 0 saturated heterocycles. The number of hydrogen-bond acceptors (Lipinski definition) is 2. The quantitative estimate of drug-likeness (QED) is 0.617. The van der Waals surface area contributed by atoms with E-state index in [0.29, 0.717) is 6.54 Å². The molecule has 0 saturated carbocycles. The van der Waals surface area contributed by atoms with Crippen molar-refractivity contribution in [2.24, 2.45) is 4.99 Å². The minimum atomic E-state index is 0.173. The second kappa shape index (κ2) is 7.02. The monoisotopic (exact) mass is 263 g/mol. The van der Waals surface area contributed by atoms with Crippen molar-refractivity contribution >= 4 is 5.96 Å². The number of para-hydroxylation sites is 1. The van der Waals surface area contributed by atoms with E-state index in [1.807, 2.05) is 70.0 Å². The molecule has 4 nitrogen and oxygen atoms in total. The Bertz CT molecular complexity index is 415. The molecule has 0 amide bonds. The summed E-state index contributed by atoms with van der Waals surface area (Å²) < 4.78 is 5.80. The summed E-state index contributed by atoms with van der Waals surface area (Å²) in [7, 11) is 7.98. The van der Waals surface area contributed by atoms with Crippen LogP contribution < -0.4 is 4.74 Å². The topological polar surface area (TPSA) is 28.1 Å². The maximum atomic E-state index is 5.80. The van der Waals surface area contributed by atoms with Crippen LogP contribution in [0.2, 0.25) is 0 Å². The first-order valence-corrected chi connectivity index (χ1v) is 6.55. The van der Waals surface area contributed by atoms with Crippen LogP contribution in [0.3, 0.4) is 0 Å². The third kappa shape index (κ3) is 4.81. The summed E-state index contributed by atoms with van der Waals surface area (Å²) in [6.07, 6.45) is 0.173. The molecule has 1 aromatic carbocycles. The zero-order valence-corrected chi connectivity index (χ0v) is 12.8. The fourth-order valence-electron chi connectivity index (χ4n) is 1.84. The van der Waals surface area contributed by atoms with Gasteiger partial charge in [0.15, 0.2) is 5.96 Å². The van der Waals surface area contributed by atoms with Gasteiger partial charge in [-0.25, -0.2) is 4.99 Å². The molecule has 0 unspecified atom stereocenters. The summed E-state index contributed by atoms with van der Waals surface area (Å²) in [5.41, 5.74) is 1.11. The van der Waals surface area contributed by atoms with Crippen LogP contribution in [0.1, 0.15) is 19.4 Å².